The Morgan fingerprint density at radius 2 is 2.21 bits per heavy atom. The Hall–Kier alpha value is -1.10. The van der Waals surface area contributed by atoms with Crippen LogP contribution < -0.4 is 5.32 Å². The molecule has 1 heterocycles. The molecule has 0 radical (unpaired) electrons. The van der Waals surface area contributed by atoms with Crippen molar-refractivity contribution >= 4 is 11.9 Å². The molecule has 1 aliphatic rings. The standard InChI is InChI=1S/C9H16N2O3/c1-6(9(13)14)11(2)8(12)7-4-3-5-10-7/h6-7,10H,3-5H2,1-2H3,(H,13,14)/t6?,7-/m0/s1. The van der Waals surface area contributed by atoms with Crippen LogP contribution in [0, 0.1) is 0 Å². The topological polar surface area (TPSA) is 69.6 Å². The molecule has 5 heteroatoms. The van der Waals surface area contributed by atoms with Crippen molar-refractivity contribution in [1.29, 1.82) is 0 Å². The molecule has 0 spiro atoms. The molecule has 1 fully saturated rings. The predicted molar refractivity (Wildman–Crippen MR) is 50.9 cm³/mol. The second-order valence-electron chi connectivity index (χ2n) is 3.61. The van der Waals surface area contributed by atoms with Gasteiger partial charge >= 0.3 is 5.97 Å². The number of carboxylic acid groups (broad SMARTS) is 1. The van der Waals surface area contributed by atoms with Gasteiger partial charge in [-0.15, -0.1) is 0 Å². The summed E-state index contributed by atoms with van der Waals surface area (Å²) in [7, 11) is 1.53. The summed E-state index contributed by atoms with van der Waals surface area (Å²) in [5.74, 6) is -1.10. The van der Waals surface area contributed by atoms with Gasteiger partial charge in [0.05, 0.1) is 6.04 Å². The van der Waals surface area contributed by atoms with E-state index in [4.69, 9.17) is 5.11 Å². The van der Waals surface area contributed by atoms with Crippen LogP contribution in [0.3, 0.4) is 0 Å². The van der Waals surface area contributed by atoms with Crippen LogP contribution in [-0.4, -0.2) is 47.6 Å². The molecular weight excluding hydrogens is 184 g/mol. The first-order valence-corrected chi connectivity index (χ1v) is 4.77. The van der Waals surface area contributed by atoms with Crippen molar-refractivity contribution in [1.82, 2.24) is 10.2 Å². The second kappa shape index (κ2) is 4.41. The number of hydrogen-bond acceptors (Lipinski definition) is 3. The third kappa shape index (κ3) is 2.23. The van der Waals surface area contributed by atoms with Crippen LogP contribution in [0.15, 0.2) is 0 Å². The smallest absolute Gasteiger partial charge is 0.326 e. The molecule has 0 aromatic rings. The first-order valence-electron chi connectivity index (χ1n) is 4.77. The van der Waals surface area contributed by atoms with Gasteiger partial charge < -0.3 is 15.3 Å². The van der Waals surface area contributed by atoms with Crippen molar-refractivity contribution in [3.8, 4) is 0 Å². The zero-order valence-corrected chi connectivity index (χ0v) is 8.49. The maximum Gasteiger partial charge on any atom is 0.326 e. The number of amides is 1. The molecule has 0 saturated carbocycles. The number of hydrogen-bond donors (Lipinski definition) is 2. The molecule has 80 valence electrons. The molecule has 0 aromatic carbocycles. The Labute approximate surface area is 83.1 Å². The molecular formula is C9H16N2O3. The van der Waals surface area contributed by atoms with Crippen molar-refractivity contribution in [3.63, 3.8) is 0 Å². The third-order valence-corrected chi connectivity index (χ3v) is 2.64. The highest BCUT2D eigenvalue weighted by atomic mass is 16.4. The van der Waals surface area contributed by atoms with E-state index in [2.05, 4.69) is 5.32 Å². The van der Waals surface area contributed by atoms with Gasteiger partial charge in [0, 0.05) is 7.05 Å². The van der Waals surface area contributed by atoms with Crippen LogP contribution in [0.2, 0.25) is 0 Å². The molecule has 1 saturated heterocycles. The van der Waals surface area contributed by atoms with E-state index in [1.165, 1.54) is 18.9 Å². The first kappa shape index (κ1) is 11.0. The van der Waals surface area contributed by atoms with Gasteiger partial charge in [0.2, 0.25) is 5.91 Å². The summed E-state index contributed by atoms with van der Waals surface area (Å²) in [6.45, 7) is 2.35. The minimum atomic E-state index is -0.973. The van der Waals surface area contributed by atoms with E-state index in [0.717, 1.165) is 19.4 Å². The summed E-state index contributed by atoms with van der Waals surface area (Å²) in [5.41, 5.74) is 0. The SMILES string of the molecule is CC(C(=O)O)N(C)C(=O)[C@@H]1CCCN1. The Bertz CT molecular complexity index is 236. The molecule has 1 amide bonds. The van der Waals surface area contributed by atoms with E-state index in [9.17, 15) is 9.59 Å². The van der Waals surface area contributed by atoms with E-state index in [1.807, 2.05) is 0 Å². The van der Waals surface area contributed by atoms with Crippen LogP contribution >= 0.6 is 0 Å². The van der Waals surface area contributed by atoms with Gasteiger partial charge in [-0.25, -0.2) is 4.79 Å². The van der Waals surface area contributed by atoms with Gasteiger partial charge in [-0.2, -0.15) is 0 Å². The lowest BCUT2D eigenvalue weighted by Gasteiger charge is -2.24. The molecule has 1 rings (SSSR count). The van der Waals surface area contributed by atoms with Gasteiger partial charge in [0.1, 0.15) is 6.04 Å². The minimum absolute atomic E-state index is 0.127. The van der Waals surface area contributed by atoms with Crippen molar-refractivity contribution in [3.05, 3.63) is 0 Å². The summed E-state index contributed by atoms with van der Waals surface area (Å²) in [6.07, 6.45) is 1.78. The lowest BCUT2D eigenvalue weighted by Crippen LogP contribution is -2.48. The fourth-order valence-corrected chi connectivity index (χ4v) is 1.50. The number of aliphatic carboxylic acids is 1. The maximum absolute atomic E-state index is 11.7. The van der Waals surface area contributed by atoms with E-state index >= 15 is 0 Å². The number of likely N-dealkylation sites (N-methyl/N-ethyl adjacent to an activating group) is 1. The van der Waals surface area contributed by atoms with Gasteiger partial charge in [-0.05, 0) is 26.3 Å². The van der Waals surface area contributed by atoms with Crippen molar-refractivity contribution in [2.75, 3.05) is 13.6 Å². The van der Waals surface area contributed by atoms with Gasteiger partial charge in [-0.1, -0.05) is 0 Å². The van der Waals surface area contributed by atoms with Crippen LogP contribution in [0.4, 0.5) is 0 Å². The summed E-state index contributed by atoms with van der Waals surface area (Å²) in [4.78, 5) is 23.6. The Morgan fingerprint density at radius 1 is 1.57 bits per heavy atom. The van der Waals surface area contributed by atoms with Crippen molar-refractivity contribution in [2.24, 2.45) is 0 Å². The van der Waals surface area contributed by atoms with Gasteiger partial charge in [0.15, 0.2) is 0 Å². The van der Waals surface area contributed by atoms with Crippen LogP contribution in [0.25, 0.3) is 0 Å². The van der Waals surface area contributed by atoms with E-state index < -0.39 is 12.0 Å². The highest BCUT2D eigenvalue weighted by Gasteiger charge is 2.29. The fourth-order valence-electron chi connectivity index (χ4n) is 1.50. The molecule has 2 N–H and O–H groups in total. The van der Waals surface area contributed by atoms with Crippen molar-refractivity contribution < 1.29 is 14.7 Å². The maximum atomic E-state index is 11.7. The fraction of sp³-hybridized carbons (Fsp3) is 0.778. The highest BCUT2D eigenvalue weighted by Crippen LogP contribution is 2.09. The molecule has 1 unspecified atom stereocenters. The van der Waals surface area contributed by atoms with Crippen molar-refractivity contribution in [2.45, 2.75) is 31.8 Å². The second-order valence-corrected chi connectivity index (χ2v) is 3.61. The Balaban J connectivity index is 2.54. The molecule has 14 heavy (non-hydrogen) atoms. The molecule has 0 aliphatic carbocycles. The van der Waals surface area contributed by atoms with Gasteiger partial charge in [-0.3, -0.25) is 4.79 Å². The van der Waals surface area contributed by atoms with E-state index in [0.29, 0.717) is 0 Å². The summed E-state index contributed by atoms with van der Waals surface area (Å²) < 4.78 is 0. The van der Waals surface area contributed by atoms with E-state index in [-0.39, 0.29) is 11.9 Å². The molecule has 0 bridgehead atoms. The number of nitrogens with zero attached hydrogens (tertiary/aromatic N) is 1. The average molecular weight is 200 g/mol. The van der Waals surface area contributed by atoms with Crippen LogP contribution in [0.5, 0.6) is 0 Å². The highest BCUT2D eigenvalue weighted by molar-refractivity contribution is 5.86. The minimum Gasteiger partial charge on any atom is -0.480 e. The van der Waals surface area contributed by atoms with Crippen LogP contribution in [-0.2, 0) is 9.59 Å². The average Bonchev–Trinajstić information content (AvgIpc) is 2.67. The summed E-state index contributed by atoms with van der Waals surface area (Å²) >= 11 is 0. The number of carbonyl (C=O) groups is 2. The normalized spacial score (nSPS) is 23.1. The monoisotopic (exact) mass is 200 g/mol. The predicted octanol–water partition coefficient (Wildman–Crippen LogP) is -0.330. The lowest BCUT2D eigenvalue weighted by atomic mass is 10.2. The first-order chi connectivity index (χ1) is 6.54. The third-order valence-electron chi connectivity index (χ3n) is 2.64. The molecule has 0 aromatic heterocycles. The number of nitrogens with one attached hydrogen (secondary N) is 1. The molecule has 2 atom stereocenters. The Morgan fingerprint density at radius 3 is 2.64 bits per heavy atom. The zero-order valence-electron chi connectivity index (χ0n) is 8.49. The Kier molecular flexibility index (Phi) is 3.46. The summed E-state index contributed by atoms with van der Waals surface area (Å²) in [5, 5.41) is 11.8. The largest absolute Gasteiger partial charge is 0.480 e. The zero-order chi connectivity index (χ0) is 10.7. The molecule has 1 aliphatic heterocycles. The van der Waals surface area contributed by atoms with Gasteiger partial charge in [0.25, 0.3) is 0 Å². The lowest BCUT2D eigenvalue weighted by molar-refractivity contribution is -0.148. The number of carbonyl (C=O) groups excluding carboxylic acids is 1. The quantitative estimate of drug-likeness (QED) is 0.654. The molecule has 5 nitrogen and oxygen atoms in total. The number of carboxylic acids is 1. The summed E-state index contributed by atoms with van der Waals surface area (Å²) in [6, 6.07) is -0.952. The number of rotatable bonds is 3. The van der Waals surface area contributed by atoms with Crippen LogP contribution in [0.1, 0.15) is 19.8 Å². The van der Waals surface area contributed by atoms with E-state index in [1.54, 1.807) is 0 Å².